The predicted molar refractivity (Wildman–Crippen MR) is 124 cm³/mol. The largest absolute Gasteiger partial charge is 0.352 e. The van der Waals surface area contributed by atoms with Crippen molar-refractivity contribution in [1.29, 1.82) is 0 Å². The second-order valence-electron chi connectivity index (χ2n) is 7.88. The Bertz CT molecular complexity index is 1290. The molecule has 1 N–H and O–H groups in total. The number of aryl methyl sites for hydroxylation is 2. The van der Waals surface area contributed by atoms with Gasteiger partial charge in [-0.05, 0) is 49.3 Å². The monoisotopic (exact) mass is 437 g/mol. The highest BCUT2D eigenvalue weighted by molar-refractivity contribution is 7.17. The van der Waals surface area contributed by atoms with Gasteiger partial charge in [-0.15, -0.1) is 21.5 Å². The van der Waals surface area contributed by atoms with Crippen LogP contribution in [0.4, 0.5) is 0 Å². The quantitative estimate of drug-likeness (QED) is 0.451. The Morgan fingerprint density at radius 2 is 2.03 bits per heavy atom. The zero-order valence-corrected chi connectivity index (χ0v) is 18.9. The van der Waals surface area contributed by atoms with Gasteiger partial charge in [0.05, 0.1) is 5.52 Å². The van der Waals surface area contributed by atoms with E-state index in [2.05, 4.69) is 22.4 Å². The van der Waals surface area contributed by atoms with Crippen molar-refractivity contribution >= 4 is 33.2 Å². The lowest BCUT2D eigenvalue weighted by atomic mass is 10.1. The van der Waals surface area contributed by atoms with Crippen molar-refractivity contribution in [1.82, 2.24) is 24.5 Å². The van der Waals surface area contributed by atoms with E-state index in [4.69, 9.17) is 0 Å². The van der Waals surface area contributed by atoms with Crippen molar-refractivity contribution in [3.8, 4) is 0 Å². The van der Waals surface area contributed by atoms with E-state index in [-0.39, 0.29) is 17.5 Å². The summed E-state index contributed by atoms with van der Waals surface area (Å²) < 4.78 is 4.43. The van der Waals surface area contributed by atoms with E-state index < -0.39 is 0 Å². The smallest absolute Gasteiger partial charge is 0.273 e. The third kappa shape index (κ3) is 4.12. The Labute approximate surface area is 184 Å². The van der Waals surface area contributed by atoms with Crippen LogP contribution in [0.25, 0.3) is 16.0 Å². The molecule has 1 unspecified atom stereocenters. The molecule has 0 radical (unpaired) electrons. The van der Waals surface area contributed by atoms with Gasteiger partial charge < -0.3 is 5.32 Å². The predicted octanol–water partition coefficient (Wildman–Crippen LogP) is 4.02. The van der Waals surface area contributed by atoms with Crippen molar-refractivity contribution in [3.63, 3.8) is 0 Å². The van der Waals surface area contributed by atoms with Crippen LogP contribution >= 0.6 is 11.3 Å². The van der Waals surface area contributed by atoms with Crippen molar-refractivity contribution in [2.24, 2.45) is 0 Å². The van der Waals surface area contributed by atoms with E-state index in [1.54, 1.807) is 4.57 Å². The molecule has 8 heteroatoms. The molecule has 162 valence electrons. The molecule has 3 aromatic heterocycles. The molecule has 4 rings (SSSR count). The standard InChI is InChI=1S/C23H27N5O2S/c1-4-16(3)27-22(30)21-18(12-13-31-21)28-19(25-26-23(27)28)10-7-11-20(29)24-14-17-9-6-5-8-15(17)2/h5-6,8-9,12-13,16H,4,7,10-11,14H2,1-3H3,(H,24,29). The molecule has 0 saturated carbocycles. The minimum absolute atomic E-state index is 0.0126. The maximum Gasteiger partial charge on any atom is 0.273 e. The first-order valence-corrected chi connectivity index (χ1v) is 11.6. The van der Waals surface area contributed by atoms with E-state index in [0.717, 1.165) is 23.3 Å². The first-order valence-electron chi connectivity index (χ1n) is 10.7. The molecule has 3 heterocycles. The van der Waals surface area contributed by atoms with Crippen molar-refractivity contribution in [2.45, 2.75) is 59.0 Å². The number of nitrogens with one attached hydrogen (secondary N) is 1. The van der Waals surface area contributed by atoms with Crippen LogP contribution in [0.15, 0.2) is 40.5 Å². The Kier molecular flexibility index (Phi) is 6.18. The van der Waals surface area contributed by atoms with Gasteiger partial charge in [0.15, 0.2) is 0 Å². The summed E-state index contributed by atoms with van der Waals surface area (Å²) in [5, 5.41) is 13.6. The van der Waals surface area contributed by atoms with E-state index in [1.165, 1.54) is 16.9 Å². The summed E-state index contributed by atoms with van der Waals surface area (Å²) in [6, 6.07) is 10.0. The Morgan fingerprint density at radius 1 is 1.23 bits per heavy atom. The van der Waals surface area contributed by atoms with E-state index in [1.807, 2.05) is 54.0 Å². The number of hydrogen-bond acceptors (Lipinski definition) is 5. The number of aromatic nitrogens is 4. The van der Waals surface area contributed by atoms with Gasteiger partial charge in [0.1, 0.15) is 10.5 Å². The summed E-state index contributed by atoms with van der Waals surface area (Å²) in [5.41, 5.74) is 3.13. The van der Waals surface area contributed by atoms with Gasteiger partial charge in [-0.25, -0.2) is 0 Å². The van der Waals surface area contributed by atoms with Crippen LogP contribution in [0.2, 0.25) is 0 Å². The van der Waals surface area contributed by atoms with Crippen molar-refractivity contribution < 1.29 is 4.79 Å². The van der Waals surface area contributed by atoms with E-state index in [0.29, 0.717) is 36.3 Å². The Morgan fingerprint density at radius 3 is 2.81 bits per heavy atom. The molecule has 0 aliphatic heterocycles. The summed E-state index contributed by atoms with van der Waals surface area (Å²) in [6.07, 6.45) is 2.52. The van der Waals surface area contributed by atoms with Gasteiger partial charge in [0, 0.05) is 25.4 Å². The van der Waals surface area contributed by atoms with Gasteiger partial charge in [-0.3, -0.25) is 18.6 Å². The van der Waals surface area contributed by atoms with Crippen LogP contribution in [0.5, 0.6) is 0 Å². The number of benzene rings is 1. The fourth-order valence-electron chi connectivity index (χ4n) is 3.79. The summed E-state index contributed by atoms with van der Waals surface area (Å²) in [7, 11) is 0. The third-order valence-corrected chi connectivity index (χ3v) is 6.69. The molecule has 0 saturated heterocycles. The summed E-state index contributed by atoms with van der Waals surface area (Å²) >= 11 is 1.44. The number of hydrogen-bond donors (Lipinski definition) is 1. The van der Waals surface area contributed by atoms with Crippen molar-refractivity contribution in [3.05, 3.63) is 63.0 Å². The molecule has 0 aliphatic rings. The van der Waals surface area contributed by atoms with Crippen LogP contribution in [-0.4, -0.2) is 25.1 Å². The first-order chi connectivity index (χ1) is 15.0. The fraction of sp³-hybridized carbons (Fsp3) is 0.391. The minimum atomic E-state index is -0.0126. The van der Waals surface area contributed by atoms with Crippen LogP contribution in [0.1, 0.15) is 56.1 Å². The SMILES string of the molecule is CCC(C)n1c(=O)c2sccc2n2c(CCCC(=O)NCc3ccccc3C)nnc12. The summed E-state index contributed by atoms with van der Waals surface area (Å²) in [6.45, 7) is 6.66. The van der Waals surface area contributed by atoms with Gasteiger partial charge in [0.2, 0.25) is 11.7 Å². The summed E-state index contributed by atoms with van der Waals surface area (Å²) in [4.78, 5) is 25.3. The molecule has 0 fully saturated rings. The van der Waals surface area contributed by atoms with Gasteiger partial charge >= 0.3 is 0 Å². The molecular formula is C23H27N5O2S. The molecule has 1 atom stereocenters. The zero-order chi connectivity index (χ0) is 22.0. The lowest BCUT2D eigenvalue weighted by molar-refractivity contribution is -0.121. The maximum atomic E-state index is 13.0. The average molecular weight is 438 g/mol. The topological polar surface area (TPSA) is 81.3 Å². The van der Waals surface area contributed by atoms with Gasteiger partial charge in [0.25, 0.3) is 5.56 Å². The van der Waals surface area contributed by atoms with Gasteiger partial charge in [-0.2, -0.15) is 0 Å². The molecule has 7 nitrogen and oxygen atoms in total. The summed E-state index contributed by atoms with van der Waals surface area (Å²) in [5.74, 6) is 1.38. The molecule has 1 amide bonds. The number of carbonyl (C=O) groups excluding carboxylic acids is 1. The van der Waals surface area contributed by atoms with Crippen molar-refractivity contribution in [2.75, 3.05) is 0 Å². The molecule has 0 bridgehead atoms. The zero-order valence-electron chi connectivity index (χ0n) is 18.1. The number of amides is 1. The van der Waals surface area contributed by atoms with Gasteiger partial charge in [-0.1, -0.05) is 31.2 Å². The highest BCUT2D eigenvalue weighted by Gasteiger charge is 2.19. The maximum absolute atomic E-state index is 13.0. The number of carbonyl (C=O) groups is 1. The minimum Gasteiger partial charge on any atom is -0.352 e. The number of fused-ring (bicyclic) bond motifs is 3. The number of rotatable bonds is 8. The number of nitrogens with zero attached hydrogens (tertiary/aromatic N) is 4. The van der Waals surface area contributed by atoms with E-state index >= 15 is 0 Å². The van der Waals surface area contributed by atoms with Crippen LogP contribution < -0.4 is 10.9 Å². The molecule has 31 heavy (non-hydrogen) atoms. The Hall–Kier alpha value is -3.00. The molecular weight excluding hydrogens is 410 g/mol. The molecule has 0 aliphatic carbocycles. The first kappa shape index (κ1) is 21.2. The lowest BCUT2D eigenvalue weighted by Crippen LogP contribution is -2.25. The molecule has 4 aromatic rings. The molecule has 1 aromatic carbocycles. The number of thiophene rings is 1. The highest BCUT2D eigenvalue weighted by atomic mass is 32.1. The Balaban J connectivity index is 1.49. The third-order valence-electron chi connectivity index (χ3n) is 5.80. The second-order valence-corrected chi connectivity index (χ2v) is 8.79. The average Bonchev–Trinajstić information content (AvgIpc) is 3.40. The fourth-order valence-corrected chi connectivity index (χ4v) is 4.60. The second kappa shape index (κ2) is 9.01. The lowest BCUT2D eigenvalue weighted by Gasteiger charge is -2.14. The molecule has 0 spiro atoms. The highest BCUT2D eigenvalue weighted by Crippen LogP contribution is 2.23. The van der Waals surface area contributed by atoms with Crippen LogP contribution in [0.3, 0.4) is 0 Å². The van der Waals surface area contributed by atoms with Crippen LogP contribution in [-0.2, 0) is 17.8 Å². The van der Waals surface area contributed by atoms with E-state index in [9.17, 15) is 9.59 Å². The van der Waals surface area contributed by atoms with Crippen LogP contribution in [0, 0.1) is 6.92 Å². The normalized spacial score (nSPS) is 12.5.